The molecule has 0 bridgehead atoms. The van der Waals surface area contributed by atoms with Crippen LogP contribution in [0.15, 0.2) is 125 Å². The van der Waals surface area contributed by atoms with Crippen LogP contribution in [-0.2, 0) is 9.59 Å². The topological polar surface area (TPSA) is 113 Å². The molecule has 6 rings (SSSR count). The quantitative estimate of drug-likeness (QED) is 0.314. The van der Waals surface area contributed by atoms with Gasteiger partial charge >= 0.3 is 0 Å². The summed E-state index contributed by atoms with van der Waals surface area (Å²) in [4.78, 5) is 60.0. The first kappa shape index (κ1) is 28.3. The Morgan fingerprint density at radius 2 is 1.41 bits per heavy atom. The van der Waals surface area contributed by atoms with Gasteiger partial charge in [0.1, 0.15) is 6.04 Å². The smallest absolute Gasteiger partial charge is 0.272 e. The molecule has 2 N–H and O–H groups in total. The number of likely N-dealkylation sites (N-methyl/N-ethyl adjacent to an activating group) is 1. The summed E-state index contributed by atoms with van der Waals surface area (Å²) in [6.07, 6.45) is 0.257. The van der Waals surface area contributed by atoms with E-state index in [9.17, 15) is 19.2 Å². The Labute approximate surface area is 253 Å². The van der Waals surface area contributed by atoms with E-state index in [-0.39, 0.29) is 11.1 Å². The molecule has 0 fully saturated rings. The SMILES string of the molecule is C[C@H](NC(=O)c1cn(-c2ccccc2)c(=O)c2ccccc12)C(=O)N[C@H]1N=C(c2ccccc2)c2ccccc2N(C)C1=O. The molecule has 1 aromatic heterocycles. The van der Waals surface area contributed by atoms with Gasteiger partial charge in [-0.1, -0.05) is 84.9 Å². The molecule has 0 saturated heterocycles. The molecule has 2 atom stereocenters. The Morgan fingerprint density at radius 3 is 2.14 bits per heavy atom. The average molecular weight is 584 g/mol. The third-order valence-corrected chi connectivity index (χ3v) is 7.61. The number of para-hydroxylation sites is 2. The summed E-state index contributed by atoms with van der Waals surface area (Å²) >= 11 is 0. The molecule has 1 aliphatic heterocycles. The van der Waals surface area contributed by atoms with E-state index in [1.807, 2.05) is 60.7 Å². The predicted molar refractivity (Wildman–Crippen MR) is 170 cm³/mol. The minimum Gasteiger partial charge on any atom is -0.340 e. The number of amides is 3. The van der Waals surface area contributed by atoms with Crippen LogP contribution in [0.4, 0.5) is 5.69 Å². The van der Waals surface area contributed by atoms with Gasteiger partial charge in [0.15, 0.2) is 0 Å². The fraction of sp³-hybridized carbons (Fsp3) is 0.114. The summed E-state index contributed by atoms with van der Waals surface area (Å²) in [6, 6.07) is 31.7. The summed E-state index contributed by atoms with van der Waals surface area (Å²) in [5, 5.41) is 6.30. The molecule has 0 aliphatic carbocycles. The number of benzodiazepines with no additional fused rings is 1. The zero-order valence-electron chi connectivity index (χ0n) is 24.1. The summed E-state index contributed by atoms with van der Waals surface area (Å²) < 4.78 is 1.42. The summed E-state index contributed by atoms with van der Waals surface area (Å²) in [6.45, 7) is 1.53. The first-order chi connectivity index (χ1) is 21.3. The van der Waals surface area contributed by atoms with Crippen molar-refractivity contribution >= 4 is 39.9 Å². The second-order valence-electron chi connectivity index (χ2n) is 10.5. The van der Waals surface area contributed by atoms with Crippen molar-refractivity contribution in [2.75, 3.05) is 11.9 Å². The zero-order valence-corrected chi connectivity index (χ0v) is 24.1. The van der Waals surface area contributed by atoms with Crippen LogP contribution < -0.4 is 21.1 Å². The Hall–Kier alpha value is -5.83. The molecule has 0 radical (unpaired) electrons. The number of aromatic nitrogens is 1. The molecule has 218 valence electrons. The van der Waals surface area contributed by atoms with Crippen LogP contribution in [-0.4, -0.2) is 47.3 Å². The highest BCUT2D eigenvalue weighted by atomic mass is 16.2. The van der Waals surface area contributed by atoms with Crippen molar-refractivity contribution in [2.45, 2.75) is 19.1 Å². The highest BCUT2D eigenvalue weighted by molar-refractivity contribution is 6.20. The lowest BCUT2D eigenvalue weighted by molar-refractivity contribution is -0.128. The predicted octanol–water partition coefficient (Wildman–Crippen LogP) is 4.07. The molecule has 5 aromatic rings. The van der Waals surface area contributed by atoms with Gasteiger partial charge in [0.25, 0.3) is 17.4 Å². The number of pyridine rings is 1. The van der Waals surface area contributed by atoms with Crippen LogP contribution in [0.3, 0.4) is 0 Å². The van der Waals surface area contributed by atoms with Crippen molar-refractivity contribution in [3.05, 3.63) is 142 Å². The van der Waals surface area contributed by atoms with E-state index >= 15 is 0 Å². The molecule has 3 amide bonds. The van der Waals surface area contributed by atoms with E-state index in [4.69, 9.17) is 4.99 Å². The van der Waals surface area contributed by atoms with Gasteiger partial charge in [0.05, 0.1) is 17.0 Å². The first-order valence-electron chi connectivity index (χ1n) is 14.1. The third-order valence-electron chi connectivity index (χ3n) is 7.61. The minimum absolute atomic E-state index is 0.230. The second-order valence-corrected chi connectivity index (χ2v) is 10.5. The van der Waals surface area contributed by atoms with Crippen molar-refractivity contribution in [3.8, 4) is 5.69 Å². The van der Waals surface area contributed by atoms with E-state index in [2.05, 4.69) is 10.6 Å². The lowest BCUT2D eigenvalue weighted by Crippen LogP contribution is -2.52. The van der Waals surface area contributed by atoms with E-state index in [0.717, 1.165) is 11.1 Å². The number of benzene rings is 4. The number of nitrogens with zero attached hydrogens (tertiary/aromatic N) is 3. The average Bonchev–Trinajstić information content (AvgIpc) is 3.16. The van der Waals surface area contributed by atoms with Crippen LogP contribution in [0.25, 0.3) is 16.5 Å². The molecule has 44 heavy (non-hydrogen) atoms. The number of nitrogens with one attached hydrogen (secondary N) is 2. The molecule has 4 aromatic carbocycles. The highest BCUT2D eigenvalue weighted by Crippen LogP contribution is 2.27. The lowest BCUT2D eigenvalue weighted by atomic mass is 10.0. The fourth-order valence-electron chi connectivity index (χ4n) is 5.29. The number of hydrogen-bond acceptors (Lipinski definition) is 5. The minimum atomic E-state index is -1.23. The van der Waals surface area contributed by atoms with Crippen molar-refractivity contribution in [2.24, 2.45) is 4.99 Å². The van der Waals surface area contributed by atoms with Crippen LogP contribution in [0, 0.1) is 0 Å². The van der Waals surface area contributed by atoms with Gasteiger partial charge in [-0.3, -0.25) is 23.7 Å². The molecule has 0 spiro atoms. The number of carbonyl (C=O) groups excluding carboxylic acids is 3. The molecular formula is C35H29N5O4. The standard InChI is InChI=1S/C35H29N5O4/c1-22(36-33(42)28-21-40(24-15-7-4-8-16-24)34(43)26-18-10-9-17-25(26)28)32(41)38-31-35(44)39(2)29-20-12-11-19-27(29)30(37-31)23-13-5-3-6-14-23/h3-22,31H,1-2H3,(H,36,42)(H,38,41)/t22-,31+/m0/s1. The first-order valence-corrected chi connectivity index (χ1v) is 14.1. The van der Waals surface area contributed by atoms with E-state index in [1.54, 1.807) is 55.6 Å². The summed E-state index contributed by atoms with van der Waals surface area (Å²) in [5.41, 5.74) is 3.35. The van der Waals surface area contributed by atoms with E-state index < -0.39 is 29.9 Å². The normalized spacial score (nSPS) is 15.1. The third kappa shape index (κ3) is 5.27. The van der Waals surface area contributed by atoms with Crippen LogP contribution >= 0.6 is 0 Å². The Kier molecular flexibility index (Phi) is 7.59. The zero-order chi connectivity index (χ0) is 30.8. The van der Waals surface area contributed by atoms with Gasteiger partial charge in [0, 0.05) is 40.8 Å². The maximum atomic E-state index is 13.6. The summed E-state index contributed by atoms with van der Waals surface area (Å²) in [5.74, 6) is -1.55. The number of anilines is 1. The molecular weight excluding hydrogens is 554 g/mol. The van der Waals surface area contributed by atoms with Gasteiger partial charge in [-0.05, 0) is 31.2 Å². The van der Waals surface area contributed by atoms with Gasteiger partial charge in [-0.25, -0.2) is 4.99 Å². The number of aliphatic imine (C=N–C) groups is 1. The van der Waals surface area contributed by atoms with Gasteiger partial charge in [-0.2, -0.15) is 0 Å². The van der Waals surface area contributed by atoms with Gasteiger partial charge in [-0.15, -0.1) is 0 Å². The largest absolute Gasteiger partial charge is 0.340 e. The monoisotopic (exact) mass is 583 g/mol. The highest BCUT2D eigenvalue weighted by Gasteiger charge is 2.32. The molecule has 9 heteroatoms. The molecule has 9 nitrogen and oxygen atoms in total. The lowest BCUT2D eigenvalue weighted by Gasteiger charge is -2.22. The van der Waals surface area contributed by atoms with Crippen molar-refractivity contribution in [1.29, 1.82) is 0 Å². The van der Waals surface area contributed by atoms with Gasteiger partial charge < -0.3 is 15.5 Å². The van der Waals surface area contributed by atoms with Crippen molar-refractivity contribution < 1.29 is 14.4 Å². The maximum Gasteiger partial charge on any atom is 0.272 e. The Bertz CT molecular complexity index is 1990. The number of rotatable bonds is 6. The molecule has 2 heterocycles. The number of carbonyl (C=O) groups is 3. The van der Waals surface area contributed by atoms with Gasteiger partial charge in [0.2, 0.25) is 12.1 Å². The number of fused-ring (bicyclic) bond motifs is 2. The Balaban J connectivity index is 1.29. The fourth-order valence-corrected chi connectivity index (χ4v) is 5.29. The summed E-state index contributed by atoms with van der Waals surface area (Å²) in [7, 11) is 1.64. The molecule has 0 unspecified atom stereocenters. The van der Waals surface area contributed by atoms with E-state index in [1.165, 1.54) is 22.6 Å². The molecule has 0 saturated carbocycles. The number of hydrogen-bond donors (Lipinski definition) is 2. The van der Waals surface area contributed by atoms with E-state index in [0.29, 0.717) is 27.9 Å². The van der Waals surface area contributed by atoms with Crippen LogP contribution in [0.1, 0.15) is 28.4 Å². The van der Waals surface area contributed by atoms with Crippen LogP contribution in [0.2, 0.25) is 0 Å². The van der Waals surface area contributed by atoms with Crippen molar-refractivity contribution in [1.82, 2.24) is 15.2 Å². The Morgan fingerprint density at radius 1 is 0.795 bits per heavy atom. The maximum absolute atomic E-state index is 13.6. The second kappa shape index (κ2) is 11.8. The molecule has 1 aliphatic rings. The van der Waals surface area contributed by atoms with Crippen LogP contribution in [0.5, 0.6) is 0 Å². The van der Waals surface area contributed by atoms with Crippen molar-refractivity contribution in [3.63, 3.8) is 0 Å².